The van der Waals surface area contributed by atoms with Crippen LogP contribution in [-0.2, 0) is 0 Å². The van der Waals surface area contributed by atoms with E-state index in [2.05, 4.69) is 20.6 Å². The molecule has 1 aromatic heterocycles. The molecule has 2 aromatic rings. The van der Waals surface area contributed by atoms with Crippen molar-refractivity contribution < 1.29 is 9.59 Å². The first kappa shape index (κ1) is 16.3. The van der Waals surface area contributed by atoms with Gasteiger partial charge < -0.3 is 20.5 Å². The summed E-state index contributed by atoms with van der Waals surface area (Å²) in [6, 6.07) is 5.52. The van der Waals surface area contributed by atoms with Gasteiger partial charge in [-0.05, 0) is 37.5 Å². The number of nitrogens with one attached hydrogen (secondary N) is 3. The fraction of sp³-hybridized carbons (Fsp3) is 0.471. The highest BCUT2D eigenvalue weighted by Crippen LogP contribution is 2.14. The van der Waals surface area contributed by atoms with Crippen molar-refractivity contribution in [3.05, 3.63) is 30.1 Å². The zero-order valence-corrected chi connectivity index (χ0v) is 13.8. The van der Waals surface area contributed by atoms with Crippen LogP contribution in [0, 0.1) is 0 Å². The topological polar surface area (TPSA) is 90.1 Å². The van der Waals surface area contributed by atoms with Crippen molar-refractivity contribution in [1.29, 1.82) is 0 Å². The van der Waals surface area contributed by atoms with Crippen molar-refractivity contribution in [1.82, 2.24) is 25.5 Å². The summed E-state index contributed by atoms with van der Waals surface area (Å²) in [5.74, 6) is -0.0830. The Balaban J connectivity index is 1.52. The Morgan fingerprint density at radius 3 is 2.88 bits per heavy atom. The SMILES string of the molecule is CCCNC(=O)N1CCC(NC(=O)c2ccc3nc[nH]c3c2)CC1. The highest BCUT2D eigenvalue weighted by molar-refractivity contribution is 5.97. The van der Waals surface area contributed by atoms with E-state index in [1.165, 1.54) is 0 Å². The van der Waals surface area contributed by atoms with Gasteiger partial charge in [-0.3, -0.25) is 4.79 Å². The monoisotopic (exact) mass is 329 g/mol. The van der Waals surface area contributed by atoms with E-state index >= 15 is 0 Å². The molecule has 0 unspecified atom stereocenters. The molecule has 1 aliphatic heterocycles. The number of carbonyl (C=O) groups is 2. The van der Waals surface area contributed by atoms with E-state index in [0.717, 1.165) is 30.3 Å². The standard InChI is InChI=1S/C17H23N5O2/c1-2-7-18-17(24)22-8-5-13(6-9-22)21-16(23)12-3-4-14-15(10-12)20-11-19-14/h3-4,10-11,13H,2,5-9H2,1H3,(H,18,24)(H,19,20)(H,21,23). The maximum atomic E-state index is 12.4. The van der Waals surface area contributed by atoms with Crippen molar-refractivity contribution in [2.24, 2.45) is 0 Å². The van der Waals surface area contributed by atoms with Crippen LogP contribution in [0.1, 0.15) is 36.5 Å². The molecule has 0 bridgehead atoms. The van der Waals surface area contributed by atoms with Gasteiger partial charge in [-0.1, -0.05) is 6.92 Å². The highest BCUT2D eigenvalue weighted by atomic mass is 16.2. The van der Waals surface area contributed by atoms with Gasteiger partial charge in [-0.2, -0.15) is 0 Å². The lowest BCUT2D eigenvalue weighted by atomic mass is 10.0. The largest absolute Gasteiger partial charge is 0.349 e. The van der Waals surface area contributed by atoms with Gasteiger partial charge in [-0.25, -0.2) is 9.78 Å². The van der Waals surface area contributed by atoms with Gasteiger partial charge in [0.2, 0.25) is 0 Å². The van der Waals surface area contributed by atoms with Crippen LogP contribution in [0.5, 0.6) is 0 Å². The number of imidazole rings is 1. The van der Waals surface area contributed by atoms with Gasteiger partial charge >= 0.3 is 6.03 Å². The molecule has 3 amide bonds. The molecule has 1 aromatic carbocycles. The second kappa shape index (κ2) is 7.33. The summed E-state index contributed by atoms with van der Waals surface area (Å²) in [4.78, 5) is 33.3. The van der Waals surface area contributed by atoms with Crippen LogP contribution in [0.3, 0.4) is 0 Å². The number of hydrogen-bond acceptors (Lipinski definition) is 3. The van der Waals surface area contributed by atoms with E-state index in [9.17, 15) is 9.59 Å². The molecule has 3 N–H and O–H groups in total. The summed E-state index contributed by atoms with van der Waals surface area (Å²) < 4.78 is 0. The van der Waals surface area contributed by atoms with Crippen LogP contribution >= 0.6 is 0 Å². The zero-order valence-electron chi connectivity index (χ0n) is 13.8. The minimum absolute atomic E-state index is 0.00803. The number of hydrogen-bond donors (Lipinski definition) is 3. The predicted molar refractivity (Wildman–Crippen MR) is 91.8 cm³/mol. The minimum atomic E-state index is -0.0830. The molecule has 7 heteroatoms. The zero-order chi connectivity index (χ0) is 16.9. The number of aromatic nitrogens is 2. The molecule has 0 radical (unpaired) electrons. The first-order chi connectivity index (χ1) is 11.7. The van der Waals surface area contributed by atoms with Gasteiger partial charge in [0.05, 0.1) is 17.4 Å². The molecule has 1 aliphatic rings. The molecule has 0 saturated carbocycles. The Bertz CT molecular complexity index is 719. The first-order valence-electron chi connectivity index (χ1n) is 8.44. The maximum Gasteiger partial charge on any atom is 0.317 e. The quantitative estimate of drug-likeness (QED) is 0.800. The number of amides is 3. The smallest absolute Gasteiger partial charge is 0.317 e. The molecule has 3 rings (SSSR count). The summed E-state index contributed by atoms with van der Waals surface area (Å²) in [5.41, 5.74) is 2.32. The lowest BCUT2D eigenvalue weighted by Gasteiger charge is -2.32. The number of carbonyl (C=O) groups excluding carboxylic acids is 2. The molecule has 128 valence electrons. The Morgan fingerprint density at radius 2 is 2.12 bits per heavy atom. The van der Waals surface area contributed by atoms with Crippen molar-refractivity contribution in [3.8, 4) is 0 Å². The molecule has 2 heterocycles. The summed E-state index contributed by atoms with van der Waals surface area (Å²) in [6.45, 7) is 4.06. The van der Waals surface area contributed by atoms with Crippen LogP contribution in [-0.4, -0.2) is 52.5 Å². The molecule has 1 fully saturated rings. The van der Waals surface area contributed by atoms with Gasteiger partial charge in [-0.15, -0.1) is 0 Å². The fourth-order valence-corrected chi connectivity index (χ4v) is 2.92. The molecule has 0 spiro atoms. The average molecular weight is 329 g/mol. The Morgan fingerprint density at radius 1 is 1.33 bits per heavy atom. The van der Waals surface area contributed by atoms with E-state index in [1.807, 2.05) is 24.0 Å². The van der Waals surface area contributed by atoms with Crippen LogP contribution in [0.15, 0.2) is 24.5 Å². The average Bonchev–Trinajstić information content (AvgIpc) is 3.08. The molecule has 24 heavy (non-hydrogen) atoms. The molecule has 7 nitrogen and oxygen atoms in total. The number of piperidine rings is 1. The van der Waals surface area contributed by atoms with Crippen LogP contribution in [0.4, 0.5) is 4.79 Å². The van der Waals surface area contributed by atoms with E-state index in [-0.39, 0.29) is 18.0 Å². The maximum absolute atomic E-state index is 12.4. The molecule has 1 saturated heterocycles. The number of likely N-dealkylation sites (tertiary alicyclic amines) is 1. The van der Waals surface area contributed by atoms with Crippen molar-refractivity contribution in [3.63, 3.8) is 0 Å². The molecular weight excluding hydrogens is 306 g/mol. The normalized spacial score (nSPS) is 15.5. The number of nitrogens with zero attached hydrogens (tertiary/aromatic N) is 2. The number of benzene rings is 1. The third-order valence-electron chi connectivity index (χ3n) is 4.33. The van der Waals surface area contributed by atoms with E-state index in [1.54, 1.807) is 12.4 Å². The van der Waals surface area contributed by atoms with E-state index in [4.69, 9.17) is 0 Å². The molecule has 0 atom stereocenters. The fourth-order valence-electron chi connectivity index (χ4n) is 2.92. The van der Waals surface area contributed by atoms with Crippen molar-refractivity contribution in [2.45, 2.75) is 32.2 Å². The Kier molecular flexibility index (Phi) is 4.98. The second-order valence-corrected chi connectivity index (χ2v) is 6.10. The van der Waals surface area contributed by atoms with Crippen LogP contribution in [0.25, 0.3) is 11.0 Å². The minimum Gasteiger partial charge on any atom is -0.349 e. The van der Waals surface area contributed by atoms with Crippen LogP contribution in [0.2, 0.25) is 0 Å². The molecular formula is C17H23N5O2. The second-order valence-electron chi connectivity index (χ2n) is 6.10. The van der Waals surface area contributed by atoms with E-state index in [0.29, 0.717) is 25.2 Å². The number of aromatic amines is 1. The summed E-state index contributed by atoms with van der Waals surface area (Å²) >= 11 is 0. The summed E-state index contributed by atoms with van der Waals surface area (Å²) in [6.07, 6.45) is 4.10. The summed E-state index contributed by atoms with van der Waals surface area (Å²) in [7, 11) is 0. The Hall–Kier alpha value is -2.57. The number of H-pyrrole nitrogens is 1. The predicted octanol–water partition coefficient (Wildman–Crippen LogP) is 1.88. The van der Waals surface area contributed by atoms with Gasteiger partial charge in [0.25, 0.3) is 5.91 Å². The Labute approximate surface area is 140 Å². The van der Waals surface area contributed by atoms with Gasteiger partial charge in [0.1, 0.15) is 0 Å². The number of rotatable bonds is 4. The third kappa shape index (κ3) is 3.67. The van der Waals surface area contributed by atoms with E-state index < -0.39 is 0 Å². The van der Waals surface area contributed by atoms with Crippen LogP contribution < -0.4 is 10.6 Å². The summed E-state index contributed by atoms with van der Waals surface area (Å²) in [5, 5.41) is 5.95. The van der Waals surface area contributed by atoms with Gasteiger partial charge in [0.15, 0.2) is 0 Å². The number of fused-ring (bicyclic) bond motifs is 1. The van der Waals surface area contributed by atoms with Gasteiger partial charge in [0, 0.05) is 31.2 Å². The van der Waals surface area contributed by atoms with Crippen molar-refractivity contribution in [2.75, 3.05) is 19.6 Å². The lowest BCUT2D eigenvalue weighted by Crippen LogP contribution is -2.49. The number of urea groups is 1. The van der Waals surface area contributed by atoms with Crippen molar-refractivity contribution >= 4 is 23.0 Å². The lowest BCUT2D eigenvalue weighted by molar-refractivity contribution is 0.0918. The highest BCUT2D eigenvalue weighted by Gasteiger charge is 2.24. The third-order valence-corrected chi connectivity index (χ3v) is 4.33. The molecule has 0 aliphatic carbocycles. The first-order valence-corrected chi connectivity index (χ1v) is 8.44.